The molecule has 0 radical (unpaired) electrons. The normalized spacial score (nSPS) is 20.1. The van der Waals surface area contributed by atoms with E-state index in [0.717, 1.165) is 25.3 Å². The molecule has 2 fully saturated rings. The molecule has 1 aliphatic carbocycles. The van der Waals surface area contributed by atoms with Gasteiger partial charge in [0.05, 0.1) is 19.1 Å². The van der Waals surface area contributed by atoms with Crippen molar-refractivity contribution < 1.29 is 13.9 Å². The van der Waals surface area contributed by atoms with E-state index in [1.54, 1.807) is 0 Å². The number of hydrogen-bond acceptors (Lipinski definition) is 7. The average molecular weight is 421 g/mol. The van der Waals surface area contributed by atoms with Gasteiger partial charge >= 0.3 is 5.69 Å². The molecule has 10 heteroatoms. The van der Waals surface area contributed by atoms with E-state index in [1.807, 2.05) is 11.8 Å². The number of rotatable bonds is 7. The molecule has 1 aromatic carbocycles. The van der Waals surface area contributed by atoms with Gasteiger partial charge in [-0.25, -0.2) is 9.18 Å². The Morgan fingerprint density at radius 1 is 1.30 bits per heavy atom. The van der Waals surface area contributed by atoms with Crippen LogP contribution in [0, 0.1) is 11.7 Å². The molecular formula is C20H28FN5O4. The molecule has 1 aliphatic heterocycles. The molecule has 4 N–H and O–H groups in total. The van der Waals surface area contributed by atoms with Gasteiger partial charge in [-0.3, -0.25) is 9.36 Å². The minimum absolute atomic E-state index is 0.0332. The zero-order valence-corrected chi connectivity index (χ0v) is 17.3. The Morgan fingerprint density at radius 3 is 2.67 bits per heavy atom. The summed E-state index contributed by atoms with van der Waals surface area (Å²) in [5.41, 5.74) is 5.44. The number of nitrogens with two attached hydrogens (primary N) is 2. The third kappa shape index (κ3) is 3.33. The summed E-state index contributed by atoms with van der Waals surface area (Å²) in [7, 11) is 1.42. The van der Waals surface area contributed by atoms with Crippen LogP contribution in [-0.2, 0) is 4.74 Å². The molecule has 30 heavy (non-hydrogen) atoms. The number of methoxy groups -OCH3 is 1. The Labute approximate surface area is 172 Å². The van der Waals surface area contributed by atoms with Crippen molar-refractivity contribution in [1.29, 1.82) is 0 Å². The molecule has 1 aromatic heterocycles. The fourth-order valence-electron chi connectivity index (χ4n) is 4.33. The molecule has 164 valence electrons. The summed E-state index contributed by atoms with van der Waals surface area (Å²) in [6.07, 6.45) is 2.37. The molecule has 4 rings (SSSR count). The number of benzene rings is 1. The highest BCUT2D eigenvalue weighted by Crippen LogP contribution is 2.43. The topological polar surface area (TPSA) is 118 Å². The van der Waals surface area contributed by atoms with Crippen LogP contribution in [0.5, 0.6) is 5.75 Å². The molecule has 2 aliphatic rings. The van der Waals surface area contributed by atoms with Crippen LogP contribution in [0.25, 0.3) is 10.9 Å². The lowest BCUT2D eigenvalue weighted by Crippen LogP contribution is -2.44. The highest BCUT2D eigenvalue weighted by molar-refractivity contribution is 5.91. The fraction of sp³-hybridized carbons (Fsp3) is 0.600. The molecule has 2 atom stereocenters. The van der Waals surface area contributed by atoms with Gasteiger partial charge in [-0.15, -0.1) is 0 Å². The van der Waals surface area contributed by atoms with Gasteiger partial charge in [0.1, 0.15) is 11.2 Å². The van der Waals surface area contributed by atoms with Gasteiger partial charge in [0.15, 0.2) is 11.6 Å². The molecule has 1 saturated heterocycles. The van der Waals surface area contributed by atoms with Crippen molar-refractivity contribution in [2.24, 2.45) is 11.7 Å². The number of ether oxygens (including phenoxy) is 2. The van der Waals surface area contributed by atoms with E-state index in [4.69, 9.17) is 21.1 Å². The van der Waals surface area contributed by atoms with Crippen LogP contribution >= 0.6 is 0 Å². The summed E-state index contributed by atoms with van der Waals surface area (Å²) in [5, 5.41) is 0.0332. The zero-order valence-electron chi connectivity index (χ0n) is 17.3. The standard InChI is InChI=1S/C20H28FN5O4/c1-3-30-10-15(22)11-6-7-24(9-11)17-14(21)8-13-16(18(17)29-2)25(12-4-5-12)20(28)26(23)19(13)27/h8,11-12,15H,3-7,9-10,22-23H2,1-2H3/t11-,15+/m1/s1. The number of nitrogens with zero attached hydrogens (tertiary/aromatic N) is 3. The van der Waals surface area contributed by atoms with Gasteiger partial charge in [-0.1, -0.05) is 0 Å². The lowest BCUT2D eigenvalue weighted by atomic mass is 10.0. The minimum Gasteiger partial charge on any atom is -0.492 e. The first-order chi connectivity index (χ1) is 14.4. The number of fused-ring (bicyclic) bond motifs is 1. The molecular weight excluding hydrogens is 393 g/mol. The first kappa shape index (κ1) is 20.7. The van der Waals surface area contributed by atoms with E-state index < -0.39 is 17.1 Å². The number of halogens is 1. The van der Waals surface area contributed by atoms with Gasteiger partial charge in [0.25, 0.3) is 5.56 Å². The van der Waals surface area contributed by atoms with Crippen molar-refractivity contribution in [2.75, 3.05) is 44.2 Å². The van der Waals surface area contributed by atoms with Crippen molar-refractivity contribution in [3.8, 4) is 5.75 Å². The molecule has 2 aromatic rings. The van der Waals surface area contributed by atoms with Crippen LogP contribution in [0.1, 0.15) is 32.2 Å². The Kier molecular flexibility index (Phi) is 5.46. The first-order valence-corrected chi connectivity index (χ1v) is 10.3. The number of hydrogen-bond donors (Lipinski definition) is 2. The third-order valence-corrected chi connectivity index (χ3v) is 6.06. The van der Waals surface area contributed by atoms with Crippen molar-refractivity contribution in [1.82, 2.24) is 9.24 Å². The quantitative estimate of drug-likeness (QED) is 0.627. The second-order valence-electron chi connectivity index (χ2n) is 8.01. The number of nitrogen functional groups attached to an aromatic ring is 1. The number of aromatic nitrogens is 2. The Bertz CT molecular complexity index is 1080. The summed E-state index contributed by atoms with van der Waals surface area (Å²) < 4.78 is 28.3. The second-order valence-corrected chi connectivity index (χ2v) is 8.01. The highest BCUT2D eigenvalue weighted by Gasteiger charge is 2.35. The summed E-state index contributed by atoms with van der Waals surface area (Å²) in [4.78, 5) is 27.2. The molecule has 2 heterocycles. The van der Waals surface area contributed by atoms with Crippen LogP contribution in [0.3, 0.4) is 0 Å². The van der Waals surface area contributed by atoms with Crippen molar-refractivity contribution >= 4 is 16.6 Å². The molecule has 0 unspecified atom stereocenters. The van der Waals surface area contributed by atoms with Crippen LogP contribution in [0.15, 0.2) is 15.7 Å². The predicted octanol–water partition coefficient (Wildman–Crippen LogP) is 0.550. The second kappa shape index (κ2) is 7.92. The number of anilines is 1. The maximum atomic E-state index is 15.3. The predicted molar refractivity (Wildman–Crippen MR) is 112 cm³/mol. The zero-order chi connectivity index (χ0) is 21.6. The van der Waals surface area contributed by atoms with Gasteiger partial charge in [-0.2, -0.15) is 4.68 Å². The summed E-state index contributed by atoms with van der Waals surface area (Å²) in [5.74, 6) is 5.42. The first-order valence-electron chi connectivity index (χ1n) is 10.3. The highest BCUT2D eigenvalue weighted by atomic mass is 19.1. The van der Waals surface area contributed by atoms with Gasteiger partial charge in [-0.05, 0) is 38.2 Å². The summed E-state index contributed by atoms with van der Waals surface area (Å²) >= 11 is 0. The van der Waals surface area contributed by atoms with Gasteiger partial charge in [0, 0.05) is 31.8 Å². The van der Waals surface area contributed by atoms with Gasteiger partial charge in [0.2, 0.25) is 0 Å². The maximum Gasteiger partial charge on any atom is 0.350 e. The van der Waals surface area contributed by atoms with E-state index in [1.165, 1.54) is 11.7 Å². The largest absolute Gasteiger partial charge is 0.492 e. The SMILES string of the molecule is CCOC[C@H](N)[C@@H]1CCN(c2c(F)cc3c(=O)n(N)c(=O)n(C4CC4)c3c2OC)C1. The molecule has 9 nitrogen and oxygen atoms in total. The minimum atomic E-state index is -0.742. The van der Waals surface area contributed by atoms with Crippen molar-refractivity contribution in [2.45, 2.75) is 38.3 Å². The van der Waals surface area contributed by atoms with E-state index >= 15 is 4.39 Å². The van der Waals surface area contributed by atoms with Gasteiger partial charge < -0.3 is 25.9 Å². The van der Waals surface area contributed by atoms with E-state index in [9.17, 15) is 9.59 Å². The fourth-order valence-corrected chi connectivity index (χ4v) is 4.33. The maximum absolute atomic E-state index is 15.3. The molecule has 0 amide bonds. The molecule has 1 saturated carbocycles. The van der Waals surface area contributed by atoms with Crippen LogP contribution in [0.2, 0.25) is 0 Å². The molecule has 0 bridgehead atoms. The van der Waals surface area contributed by atoms with Crippen molar-refractivity contribution in [3.63, 3.8) is 0 Å². The van der Waals surface area contributed by atoms with Crippen LogP contribution in [-0.4, -0.2) is 48.7 Å². The lowest BCUT2D eigenvalue weighted by Gasteiger charge is -2.25. The average Bonchev–Trinajstić information content (AvgIpc) is 3.45. The third-order valence-electron chi connectivity index (χ3n) is 6.06. The smallest absolute Gasteiger partial charge is 0.350 e. The Balaban J connectivity index is 1.83. The van der Waals surface area contributed by atoms with Crippen LogP contribution in [0.4, 0.5) is 10.1 Å². The van der Waals surface area contributed by atoms with E-state index in [-0.39, 0.29) is 34.8 Å². The Morgan fingerprint density at radius 2 is 2.03 bits per heavy atom. The summed E-state index contributed by atoms with van der Waals surface area (Å²) in [6.45, 7) is 4.08. The van der Waals surface area contributed by atoms with Crippen LogP contribution < -0.4 is 32.5 Å². The molecule has 0 spiro atoms. The monoisotopic (exact) mass is 421 g/mol. The Hall–Kier alpha value is -2.59. The van der Waals surface area contributed by atoms with E-state index in [0.29, 0.717) is 36.5 Å². The van der Waals surface area contributed by atoms with E-state index in [2.05, 4.69) is 0 Å². The summed E-state index contributed by atoms with van der Waals surface area (Å²) in [6, 6.07) is 0.928. The lowest BCUT2D eigenvalue weighted by molar-refractivity contribution is 0.119. The van der Waals surface area contributed by atoms with Crippen molar-refractivity contribution in [3.05, 3.63) is 32.7 Å².